The fourth-order valence-electron chi connectivity index (χ4n) is 2.57. The number of carbonyl (C=O) groups excluding carboxylic acids is 1. The second-order valence-electron chi connectivity index (χ2n) is 6.06. The number of amides is 1. The van der Waals surface area contributed by atoms with Gasteiger partial charge in [-0.3, -0.25) is 9.59 Å². The van der Waals surface area contributed by atoms with E-state index < -0.39 is 0 Å². The van der Waals surface area contributed by atoms with Crippen LogP contribution in [0.15, 0.2) is 35.1 Å². The molecule has 1 heterocycles. The molecule has 2 N–H and O–H groups in total. The van der Waals surface area contributed by atoms with Crippen LogP contribution < -0.4 is 10.9 Å². The number of rotatable bonds is 5. The van der Waals surface area contributed by atoms with Crippen molar-refractivity contribution in [2.75, 3.05) is 0 Å². The summed E-state index contributed by atoms with van der Waals surface area (Å²) in [6, 6.07) is 9.57. The van der Waals surface area contributed by atoms with Crippen molar-refractivity contribution >= 4 is 5.91 Å². The lowest BCUT2D eigenvalue weighted by atomic mass is 9.97. The van der Waals surface area contributed by atoms with Crippen LogP contribution >= 0.6 is 0 Å². The first-order chi connectivity index (χ1) is 10.9. The highest BCUT2D eigenvalue weighted by atomic mass is 16.1. The number of H-pyrrole nitrogens is 1. The van der Waals surface area contributed by atoms with E-state index in [2.05, 4.69) is 24.1 Å². The van der Waals surface area contributed by atoms with Gasteiger partial charge >= 0.3 is 0 Å². The van der Waals surface area contributed by atoms with Gasteiger partial charge in [0.25, 0.3) is 11.5 Å². The maximum atomic E-state index is 12.2. The number of pyridine rings is 1. The third kappa shape index (κ3) is 4.09. The van der Waals surface area contributed by atoms with Crippen molar-refractivity contribution in [3.63, 3.8) is 0 Å². The van der Waals surface area contributed by atoms with Crippen molar-refractivity contribution in [2.24, 2.45) is 0 Å². The Labute approximate surface area is 137 Å². The van der Waals surface area contributed by atoms with E-state index in [9.17, 15) is 9.59 Å². The fourth-order valence-corrected chi connectivity index (χ4v) is 2.57. The molecule has 23 heavy (non-hydrogen) atoms. The summed E-state index contributed by atoms with van der Waals surface area (Å²) < 4.78 is 0. The molecule has 0 saturated carbocycles. The molecule has 0 saturated heterocycles. The minimum atomic E-state index is -0.167. The van der Waals surface area contributed by atoms with Crippen LogP contribution in [0.25, 0.3) is 0 Å². The Bertz CT molecular complexity index is 745. The van der Waals surface area contributed by atoms with Gasteiger partial charge in [-0.1, -0.05) is 26.0 Å². The third-order valence-corrected chi connectivity index (χ3v) is 4.27. The van der Waals surface area contributed by atoms with E-state index >= 15 is 0 Å². The van der Waals surface area contributed by atoms with Crippen LogP contribution in [0.3, 0.4) is 0 Å². The lowest BCUT2D eigenvalue weighted by Gasteiger charge is -2.11. The summed E-state index contributed by atoms with van der Waals surface area (Å²) in [6.07, 6.45) is 1.07. The number of aryl methyl sites for hydroxylation is 2. The lowest BCUT2D eigenvalue weighted by molar-refractivity contribution is 0.0950. The highest BCUT2D eigenvalue weighted by Crippen LogP contribution is 2.18. The first-order valence-corrected chi connectivity index (χ1v) is 8.00. The second kappa shape index (κ2) is 7.27. The minimum Gasteiger partial charge on any atom is -0.348 e. The Morgan fingerprint density at radius 2 is 1.87 bits per heavy atom. The fraction of sp³-hybridized carbons (Fsp3) is 0.368. The first kappa shape index (κ1) is 17.0. The van der Waals surface area contributed by atoms with Crippen molar-refractivity contribution in [1.82, 2.24) is 10.3 Å². The predicted octanol–water partition coefficient (Wildman–Crippen LogP) is 3.44. The molecule has 2 aromatic rings. The van der Waals surface area contributed by atoms with E-state index in [0.29, 0.717) is 17.0 Å². The normalized spacial score (nSPS) is 12.0. The number of aromatic nitrogens is 1. The molecule has 0 aliphatic heterocycles. The highest BCUT2D eigenvalue weighted by molar-refractivity contribution is 5.94. The first-order valence-electron chi connectivity index (χ1n) is 8.00. The van der Waals surface area contributed by atoms with E-state index in [1.165, 1.54) is 5.56 Å². The number of nitrogens with one attached hydrogen (secondary N) is 2. The van der Waals surface area contributed by atoms with Gasteiger partial charge < -0.3 is 10.3 Å². The Hall–Kier alpha value is -2.36. The van der Waals surface area contributed by atoms with Crippen LogP contribution in [0.1, 0.15) is 58.9 Å². The summed E-state index contributed by atoms with van der Waals surface area (Å²) in [7, 11) is 0. The molecule has 1 unspecified atom stereocenters. The van der Waals surface area contributed by atoms with Crippen LogP contribution in [0.4, 0.5) is 0 Å². The maximum Gasteiger partial charge on any atom is 0.253 e. The minimum absolute atomic E-state index is 0.144. The van der Waals surface area contributed by atoms with E-state index in [0.717, 1.165) is 17.7 Å². The number of hydrogen-bond donors (Lipinski definition) is 2. The molecule has 0 bridgehead atoms. The summed E-state index contributed by atoms with van der Waals surface area (Å²) in [5, 5.41) is 2.82. The number of benzene rings is 1. The van der Waals surface area contributed by atoms with Gasteiger partial charge in [0.05, 0.1) is 0 Å². The highest BCUT2D eigenvalue weighted by Gasteiger charge is 2.10. The molecule has 0 radical (unpaired) electrons. The standard InChI is InChI=1S/C19H24N2O2/c1-5-12(2)15-6-8-16(9-7-15)18(22)20-11-17-13(3)10-14(4)21-19(17)23/h6-10,12H,5,11H2,1-4H3,(H,20,22)(H,21,23). The van der Waals surface area contributed by atoms with Crippen molar-refractivity contribution in [3.05, 3.63) is 68.6 Å². The SMILES string of the molecule is CCC(C)c1ccc(C(=O)NCc2c(C)cc(C)[nH]c2=O)cc1. The van der Waals surface area contributed by atoms with Crippen LogP contribution in [0.2, 0.25) is 0 Å². The summed E-state index contributed by atoms with van der Waals surface area (Å²) >= 11 is 0. The number of carbonyl (C=O) groups is 1. The molecule has 0 fully saturated rings. The zero-order valence-corrected chi connectivity index (χ0v) is 14.2. The molecule has 0 spiro atoms. The third-order valence-electron chi connectivity index (χ3n) is 4.27. The average molecular weight is 312 g/mol. The van der Waals surface area contributed by atoms with Gasteiger partial charge in [-0.15, -0.1) is 0 Å². The Morgan fingerprint density at radius 1 is 1.22 bits per heavy atom. The van der Waals surface area contributed by atoms with Gasteiger partial charge in [0, 0.05) is 23.4 Å². The maximum absolute atomic E-state index is 12.2. The number of aromatic amines is 1. The molecule has 1 atom stereocenters. The van der Waals surface area contributed by atoms with Crippen molar-refractivity contribution in [2.45, 2.75) is 46.6 Å². The van der Waals surface area contributed by atoms with Gasteiger partial charge in [-0.2, -0.15) is 0 Å². The summed E-state index contributed by atoms with van der Waals surface area (Å²) in [5.74, 6) is 0.320. The van der Waals surface area contributed by atoms with Gasteiger partial charge in [0.1, 0.15) is 0 Å². The van der Waals surface area contributed by atoms with Crippen molar-refractivity contribution < 1.29 is 4.79 Å². The second-order valence-corrected chi connectivity index (χ2v) is 6.06. The van der Waals surface area contributed by atoms with Crippen LogP contribution in [0.5, 0.6) is 0 Å². The van der Waals surface area contributed by atoms with Gasteiger partial charge in [-0.05, 0) is 55.5 Å². The predicted molar refractivity (Wildman–Crippen MR) is 92.9 cm³/mol. The molecule has 2 rings (SSSR count). The van der Waals surface area contributed by atoms with Crippen molar-refractivity contribution in [1.29, 1.82) is 0 Å². The number of hydrogen-bond acceptors (Lipinski definition) is 2. The van der Waals surface area contributed by atoms with Crippen LogP contribution in [-0.4, -0.2) is 10.9 Å². The molecule has 0 aliphatic rings. The molecular weight excluding hydrogens is 288 g/mol. The zero-order valence-electron chi connectivity index (χ0n) is 14.2. The van der Waals surface area contributed by atoms with Gasteiger partial charge in [-0.25, -0.2) is 0 Å². The van der Waals surface area contributed by atoms with Crippen LogP contribution in [-0.2, 0) is 6.54 Å². The lowest BCUT2D eigenvalue weighted by Crippen LogP contribution is -2.27. The molecular formula is C19H24N2O2. The quantitative estimate of drug-likeness (QED) is 0.888. The molecule has 4 heteroatoms. The molecule has 4 nitrogen and oxygen atoms in total. The monoisotopic (exact) mass is 312 g/mol. The Balaban J connectivity index is 2.07. The zero-order chi connectivity index (χ0) is 17.0. The van der Waals surface area contributed by atoms with Gasteiger partial charge in [0.15, 0.2) is 0 Å². The van der Waals surface area contributed by atoms with Crippen molar-refractivity contribution in [3.8, 4) is 0 Å². The van der Waals surface area contributed by atoms with E-state index in [1.54, 1.807) is 0 Å². The smallest absolute Gasteiger partial charge is 0.253 e. The molecule has 122 valence electrons. The van der Waals surface area contributed by atoms with E-state index in [4.69, 9.17) is 0 Å². The molecule has 1 amide bonds. The van der Waals surface area contributed by atoms with E-state index in [-0.39, 0.29) is 18.0 Å². The van der Waals surface area contributed by atoms with Crippen LogP contribution in [0, 0.1) is 13.8 Å². The molecule has 0 aliphatic carbocycles. The Morgan fingerprint density at radius 3 is 2.43 bits per heavy atom. The molecule has 1 aromatic carbocycles. The molecule has 1 aromatic heterocycles. The Kier molecular flexibility index (Phi) is 5.37. The summed E-state index contributed by atoms with van der Waals surface area (Å²) in [4.78, 5) is 27.0. The van der Waals surface area contributed by atoms with E-state index in [1.807, 2.05) is 44.2 Å². The largest absolute Gasteiger partial charge is 0.348 e. The topological polar surface area (TPSA) is 62.0 Å². The summed E-state index contributed by atoms with van der Waals surface area (Å²) in [5.41, 5.74) is 4.00. The summed E-state index contributed by atoms with van der Waals surface area (Å²) in [6.45, 7) is 8.27. The average Bonchev–Trinajstić information content (AvgIpc) is 2.53. The van der Waals surface area contributed by atoms with Gasteiger partial charge in [0.2, 0.25) is 0 Å².